The minimum Gasteiger partial charge on any atom is -0.454 e. The van der Waals surface area contributed by atoms with E-state index in [2.05, 4.69) is 10.6 Å². The topological polar surface area (TPSA) is 114 Å². The molecule has 4 aromatic carbocycles. The molecule has 0 fully saturated rings. The van der Waals surface area contributed by atoms with Crippen LogP contribution in [0.2, 0.25) is 0 Å². The first kappa shape index (κ1) is 27.9. The van der Waals surface area contributed by atoms with Crippen molar-refractivity contribution in [2.75, 3.05) is 24.5 Å². The highest BCUT2D eigenvalue weighted by molar-refractivity contribution is 6.09. The summed E-state index contributed by atoms with van der Waals surface area (Å²) in [5, 5.41) is 8.00. The fourth-order valence-electron chi connectivity index (χ4n) is 5.01. The van der Waals surface area contributed by atoms with Crippen LogP contribution in [0.15, 0.2) is 91.0 Å². The molecule has 41 heavy (non-hydrogen) atoms. The standard InChI is InChI=1S/C33H34N4O4/c34-18-8-19-35-32(39)27(22-23-16-17-24-9-1-2-10-25(24)21-23)36-31(38)15-7-20-37-28-12-4-6-14-30(28)41-29-13-5-3-11-26(29)33(37)40/h1-6,9-14,16-17,21,27H,7-8,15,18-20,22,34H2,(H,35,39)(H,36,38)/t27-/m1/s1. The Morgan fingerprint density at radius 3 is 2.41 bits per heavy atom. The molecule has 1 aliphatic rings. The van der Waals surface area contributed by atoms with Gasteiger partial charge in [-0.1, -0.05) is 66.7 Å². The van der Waals surface area contributed by atoms with Crippen molar-refractivity contribution >= 4 is 34.2 Å². The fourth-order valence-corrected chi connectivity index (χ4v) is 5.01. The maximum atomic E-state index is 13.4. The minimum atomic E-state index is -0.734. The van der Waals surface area contributed by atoms with Gasteiger partial charge in [0.25, 0.3) is 5.91 Å². The van der Waals surface area contributed by atoms with E-state index in [0.717, 1.165) is 16.3 Å². The van der Waals surface area contributed by atoms with Gasteiger partial charge in [-0.3, -0.25) is 14.4 Å². The van der Waals surface area contributed by atoms with E-state index >= 15 is 0 Å². The lowest BCUT2D eigenvalue weighted by molar-refractivity contribution is -0.129. The highest BCUT2D eigenvalue weighted by Gasteiger charge is 2.28. The second kappa shape index (κ2) is 13.1. The van der Waals surface area contributed by atoms with Crippen LogP contribution in [0.25, 0.3) is 10.8 Å². The second-order valence-electron chi connectivity index (χ2n) is 10.1. The predicted molar refractivity (Wildman–Crippen MR) is 160 cm³/mol. The van der Waals surface area contributed by atoms with E-state index in [1.165, 1.54) is 0 Å². The molecule has 0 radical (unpaired) electrons. The van der Waals surface area contributed by atoms with Crippen LogP contribution in [0.3, 0.4) is 0 Å². The van der Waals surface area contributed by atoms with Gasteiger partial charge in [0.15, 0.2) is 5.75 Å². The lowest BCUT2D eigenvalue weighted by Gasteiger charge is -2.22. The van der Waals surface area contributed by atoms with Crippen LogP contribution >= 0.6 is 0 Å². The number of nitrogens with zero attached hydrogens (tertiary/aromatic N) is 1. The molecule has 8 heteroatoms. The Labute approximate surface area is 239 Å². The number of amides is 3. The molecule has 4 aromatic rings. The van der Waals surface area contributed by atoms with E-state index in [4.69, 9.17) is 10.5 Å². The van der Waals surface area contributed by atoms with Crippen molar-refractivity contribution in [1.29, 1.82) is 0 Å². The Morgan fingerprint density at radius 1 is 0.854 bits per heavy atom. The van der Waals surface area contributed by atoms with E-state index in [0.29, 0.717) is 61.6 Å². The summed E-state index contributed by atoms with van der Waals surface area (Å²) in [6.07, 6.45) is 1.57. The molecule has 210 valence electrons. The normalized spacial score (nSPS) is 13.0. The minimum absolute atomic E-state index is 0.152. The molecule has 5 rings (SSSR count). The number of anilines is 1. The molecule has 0 saturated carbocycles. The van der Waals surface area contributed by atoms with E-state index in [1.807, 2.05) is 72.8 Å². The summed E-state index contributed by atoms with van der Waals surface area (Å²) < 4.78 is 6.04. The Hall–Kier alpha value is -4.69. The lowest BCUT2D eigenvalue weighted by atomic mass is 10.0. The van der Waals surface area contributed by atoms with Crippen LogP contribution < -0.4 is 26.0 Å². The molecule has 0 aromatic heterocycles. The number of hydrogen-bond acceptors (Lipinski definition) is 5. The summed E-state index contributed by atoms with van der Waals surface area (Å²) >= 11 is 0. The van der Waals surface area contributed by atoms with Crippen LogP contribution in [-0.2, 0) is 16.0 Å². The van der Waals surface area contributed by atoms with Crippen LogP contribution in [0.5, 0.6) is 11.5 Å². The van der Waals surface area contributed by atoms with Gasteiger partial charge in [-0.25, -0.2) is 0 Å². The zero-order chi connectivity index (χ0) is 28.6. The Kier molecular flexibility index (Phi) is 8.91. The van der Waals surface area contributed by atoms with Gasteiger partial charge < -0.3 is 26.0 Å². The average Bonchev–Trinajstić information content (AvgIpc) is 3.11. The molecular formula is C33H34N4O4. The summed E-state index contributed by atoms with van der Waals surface area (Å²) in [4.78, 5) is 41.2. The van der Waals surface area contributed by atoms with Gasteiger partial charge in [-0.2, -0.15) is 0 Å². The maximum Gasteiger partial charge on any atom is 0.262 e. The molecule has 1 atom stereocenters. The first-order valence-corrected chi connectivity index (χ1v) is 14.0. The van der Waals surface area contributed by atoms with Crippen molar-refractivity contribution in [3.05, 3.63) is 102 Å². The second-order valence-corrected chi connectivity index (χ2v) is 10.1. The number of fused-ring (bicyclic) bond motifs is 3. The SMILES string of the molecule is NCCCNC(=O)[C@@H](Cc1ccc2ccccc2c1)NC(=O)CCCN1C(=O)c2ccccc2Oc2ccccc21. The van der Waals surface area contributed by atoms with Crippen molar-refractivity contribution in [2.24, 2.45) is 5.73 Å². The molecular weight excluding hydrogens is 516 g/mol. The summed E-state index contributed by atoms with van der Waals surface area (Å²) in [5.41, 5.74) is 7.66. The molecule has 3 amide bonds. The van der Waals surface area contributed by atoms with Gasteiger partial charge in [0.1, 0.15) is 11.8 Å². The van der Waals surface area contributed by atoms with Crippen molar-refractivity contribution < 1.29 is 19.1 Å². The van der Waals surface area contributed by atoms with Crippen molar-refractivity contribution in [3.63, 3.8) is 0 Å². The molecule has 0 unspecified atom stereocenters. The summed E-state index contributed by atoms with van der Waals surface area (Å²) in [7, 11) is 0. The predicted octanol–water partition coefficient (Wildman–Crippen LogP) is 4.57. The van der Waals surface area contributed by atoms with Gasteiger partial charge in [0.2, 0.25) is 11.8 Å². The number of rotatable bonds is 11. The van der Waals surface area contributed by atoms with Gasteiger partial charge in [0.05, 0.1) is 11.3 Å². The third-order valence-corrected chi connectivity index (χ3v) is 7.11. The quantitative estimate of drug-likeness (QED) is 0.237. The largest absolute Gasteiger partial charge is 0.454 e. The van der Waals surface area contributed by atoms with Gasteiger partial charge >= 0.3 is 0 Å². The average molecular weight is 551 g/mol. The Bertz CT molecular complexity index is 1550. The fraction of sp³-hybridized carbons (Fsp3) is 0.242. The summed E-state index contributed by atoms with van der Waals surface area (Å²) in [6.45, 7) is 1.23. The Balaban J connectivity index is 1.26. The highest BCUT2D eigenvalue weighted by Crippen LogP contribution is 2.38. The van der Waals surface area contributed by atoms with Crippen LogP contribution in [-0.4, -0.2) is 43.4 Å². The molecule has 1 aliphatic heterocycles. The highest BCUT2D eigenvalue weighted by atomic mass is 16.5. The number of nitrogens with two attached hydrogens (primary N) is 1. The van der Waals surface area contributed by atoms with Crippen molar-refractivity contribution in [2.45, 2.75) is 31.7 Å². The number of hydrogen-bond donors (Lipinski definition) is 3. The number of nitrogens with one attached hydrogen (secondary N) is 2. The molecule has 0 saturated heterocycles. The molecule has 0 bridgehead atoms. The summed E-state index contributed by atoms with van der Waals surface area (Å²) in [6, 6.07) is 27.9. The third kappa shape index (κ3) is 6.73. The first-order valence-electron chi connectivity index (χ1n) is 14.0. The zero-order valence-electron chi connectivity index (χ0n) is 22.8. The molecule has 4 N–H and O–H groups in total. The van der Waals surface area contributed by atoms with Gasteiger partial charge in [-0.05, 0) is 60.0 Å². The van der Waals surface area contributed by atoms with E-state index in [-0.39, 0.29) is 24.1 Å². The molecule has 0 aliphatic carbocycles. The van der Waals surface area contributed by atoms with Crippen molar-refractivity contribution in [3.8, 4) is 11.5 Å². The van der Waals surface area contributed by atoms with E-state index < -0.39 is 6.04 Å². The monoisotopic (exact) mass is 550 g/mol. The van der Waals surface area contributed by atoms with Crippen molar-refractivity contribution in [1.82, 2.24) is 10.6 Å². The maximum absolute atomic E-state index is 13.4. The zero-order valence-corrected chi connectivity index (χ0v) is 22.8. The molecule has 1 heterocycles. The number of benzene rings is 4. The van der Waals surface area contributed by atoms with E-state index in [1.54, 1.807) is 23.1 Å². The number of carbonyl (C=O) groups excluding carboxylic acids is 3. The number of ether oxygens (including phenoxy) is 1. The lowest BCUT2D eigenvalue weighted by Crippen LogP contribution is -2.48. The van der Waals surface area contributed by atoms with E-state index in [9.17, 15) is 14.4 Å². The Morgan fingerprint density at radius 2 is 1.59 bits per heavy atom. The number of para-hydroxylation sites is 3. The van der Waals surface area contributed by atoms with Gasteiger partial charge in [-0.15, -0.1) is 0 Å². The van der Waals surface area contributed by atoms with Crippen LogP contribution in [0.4, 0.5) is 5.69 Å². The number of carbonyl (C=O) groups is 3. The smallest absolute Gasteiger partial charge is 0.262 e. The van der Waals surface area contributed by atoms with Gasteiger partial charge in [0, 0.05) is 25.9 Å². The van der Waals surface area contributed by atoms with Crippen LogP contribution in [0.1, 0.15) is 35.2 Å². The third-order valence-electron chi connectivity index (χ3n) is 7.11. The molecule has 0 spiro atoms. The molecule has 8 nitrogen and oxygen atoms in total. The summed E-state index contributed by atoms with van der Waals surface area (Å²) in [5.74, 6) is 0.406. The first-order chi connectivity index (χ1) is 20.0. The van der Waals surface area contributed by atoms with Crippen LogP contribution in [0, 0.1) is 0 Å².